The monoisotopic (exact) mass is 263 g/mol. The first-order chi connectivity index (χ1) is 8.76. The summed E-state index contributed by atoms with van der Waals surface area (Å²) in [4.78, 5) is 0. The Balaban J connectivity index is 2.32. The quantitative estimate of drug-likeness (QED) is 0.359. The Bertz CT molecular complexity index is 385. The lowest BCUT2D eigenvalue weighted by molar-refractivity contribution is 0.745. The van der Waals surface area contributed by atoms with Gasteiger partial charge in [0.2, 0.25) is 0 Å². The van der Waals surface area contributed by atoms with E-state index in [1.807, 2.05) is 0 Å². The van der Waals surface area contributed by atoms with Crippen LogP contribution in [0.5, 0.6) is 0 Å². The molecule has 4 heteroatoms. The van der Waals surface area contributed by atoms with Crippen LogP contribution < -0.4 is 10.7 Å². The summed E-state index contributed by atoms with van der Waals surface area (Å²) in [6.07, 6.45) is 5.10. The van der Waals surface area contributed by atoms with E-state index in [1.165, 1.54) is 5.56 Å². The number of benzene rings is 1. The van der Waals surface area contributed by atoms with Crippen molar-refractivity contribution in [3.63, 3.8) is 0 Å². The highest BCUT2D eigenvalue weighted by molar-refractivity contribution is 7.80. The third-order valence-electron chi connectivity index (χ3n) is 2.58. The molecule has 98 valence electrons. The number of hydrazone groups is 1. The summed E-state index contributed by atoms with van der Waals surface area (Å²) in [5.74, 6) is 0. The third kappa shape index (κ3) is 5.77. The van der Waals surface area contributed by atoms with Gasteiger partial charge in [-0.25, -0.2) is 0 Å². The fraction of sp³-hybridized carbons (Fsp3) is 0.429. The molecule has 0 spiro atoms. The van der Waals surface area contributed by atoms with Crippen LogP contribution >= 0.6 is 12.2 Å². The Hall–Kier alpha value is -1.42. The minimum atomic E-state index is 0.574. The average Bonchev–Trinajstić information content (AvgIpc) is 2.40. The van der Waals surface area contributed by atoms with E-state index >= 15 is 0 Å². The lowest BCUT2D eigenvalue weighted by Crippen LogP contribution is -2.32. The zero-order valence-corrected chi connectivity index (χ0v) is 11.9. The molecule has 0 heterocycles. The van der Waals surface area contributed by atoms with Crippen LogP contribution in [0.25, 0.3) is 0 Å². The Morgan fingerprint density at radius 1 is 1.28 bits per heavy atom. The summed E-state index contributed by atoms with van der Waals surface area (Å²) >= 11 is 5.09. The molecular formula is C14H21N3S. The molecule has 0 bridgehead atoms. The van der Waals surface area contributed by atoms with Gasteiger partial charge in [0.1, 0.15) is 0 Å². The molecule has 0 aliphatic carbocycles. The fourth-order valence-electron chi connectivity index (χ4n) is 1.42. The fourth-order valence-corrected chi connectivity index (χ4v) is 1.58. The first-order valence-electron chi connectivity index (χ1n) is 6.42. The van der Waals surface area contributed by atoms with E-state index in [1.54, 1.807) is 6.21 Å². The number of hydrogen-bond donors (Lipinski definition) is 2. The van der Waals surface area contributed by atoms with E-state index in [4.69, 9.17) is 12.2 Å². The molecule has 2 N–H and O–H groups in total. The predicted molar refractivity (Wildman–Crippen MR) is 82.1 cm³/mol. The predicted octanol–water partition coefficient (Wildman–Crippen LogP) is 2.85. The number of thiocarbonyl (C=S) groups is 1. The Morgan fingerprint density at radius 2 is 2.00 bits per heavy atom. The molecule has 1 aromatic rings. The van der Waals surface area contributed by atoms with E-state index in [0.29, 0.717) is 5.11 Å². The number of nitrogens with zero attached hydrogens (tertiary/aromatic N) is 1. The van der Waals surface area contributed by atoms with Crippen molar-refractivity contribution in [3.8, 4) is 0 Å². The lowest BCUT2D eigenvalue weighted by Gasteiger charge is -2.05. The Kier molecular flexibility index (Phi) is 7.03. The highest BCUT2D eigenvalue weighted by Crippen LogP contribution is 2.02. The summed E-state index contributed by atoms with van der Waals surface area (Å²) in [6, 6.07) is 8.33. The van der Waals surface area contributed by atoms with Gasteiger partial charge in [-0.15, -0.1) is 0 Å². The van der Waals surface area contributed by atoms with Gasteiger partial charge in [-0.05, 0) is 36.2 Å². The van der Waals surface area contributed by atoms with E-state index in [2.05, 4.69) is 54.0 Å². The lowest BCUT2D eigenvalue weighted by atomic mass is 10.1. The second-order valence-electron chi connectivity index (χ2n) is 4.07. The van der Waals surface area contributed by atoms with Gasteiger partial charge in [0, 0.05) is 6.54 Å². The van der Waals surface area contributed by atoms with Gasteiger partial charge in [-0.3, -0.25) is 5.43 Å². The largest absolute Gasteiger partial charge is 0.361 e. The standard InChI is InChI=1S/C14H21N3S/c1-3-5-10-15-14(18)17-16-11-13-8-6-12(4-2)7-9-13/h6-9,11H,3-5,10H2,1-2H3,(H2,15,17,18)/b16-11-. The molecule has 0 atom stereocenters. The normalized spacial score (nSPS) is 10.6. The van der Waals surface area contributed by atoms with Crippen LogP contribution in [0.2, 0.25) is 0 Å². The Morgan fingerprint density at radius 3 is 2.61 bits per heavy atom. The van der Waals surface area contributed by atoms with Gasteiger partial charge in [-0.2, -0.15) is 5.10 Å². The van der Waals surface area contributed by atoms with Gasteiger partial charge in [0.25, 0.3) is 0 Å². The zero-order valence-electron chi connectivity index (χ0n) is 11.1. The molecule has 0 unspecified atom stereocenters. The second kappa shape index (κ2) is 8.64. The van der Waals surface area contributed by atoms with Crippen LogP contribution in [0.4, 0.5) is 0 Å². The molecule has 0 amide bonds. The van der Waals surface area contributed by atoms with Gasteiger partial charge >= 0.3 is 0 Å². The molecular weight excluding hydrogens is 242 g/mol. The van der Waals surface area contributed by atoms with Crippen LogP contribution in [0, 0.1) is 0 Å². The van der Waals surface area contributed by atoms with Crippen molar-refractivity contribution in [2.24, 2.45) is 5.10 Å². The smallest absolute Gasteiger partial charge is 0.186 e. The topological polar surface area (TPSA) is 36.4 Å². The highest BCUT2D eigenvalue weighted by Gasteiger charge is 1.92. The minimum absolute atomic E-state index is 0.574. The van der Waals surface area contributed by atoms with Gasteiger partial charge in [0.05, 0.1) is 6.21 Å². The summed E-state index contributed by atoms with van der Waals surface area (Å²) < 4.78 is 0. The van der Waals surface area contributed by atoms with Crippen molar-refractivity contribution < 1.29 is 0 Å². The summed E-state index contributed by atoms with van der Waals surface area (Å²) in [5.41, 5.74) is 5.20. The number of nitrogens with one attached hydrogen (secondary N) is 2. The van der Waals surface area contributed by atoms with Gasteiger partial charge < -0.3 is 5.32 Å². The number of hydrogen-bond acceptors (Lipinski definition) is 2. The first kappa shape index (κ1) is 14.6. The minimum Gasteiger partial charge on any atom is -0.361 e. The first-order valence-corrected chi connectivity index (χ1v) is 6.83. The molecule has 0 aliphatic heterocycles. The number of aryl methyl sites for hydroxylation is 1. The molecule has 0 saturated carbocycles. The molecule has 1 rings (SSSR count). The second-order valence-corrected chi connectivity index (χ2v) is 4.48. The van der Waals surface area contributed by atoms with Crippen molar-refractivity contribution in [2.45, 2.75) is 33.1 Å². The van der Waals surface area contributed by atoms with Crippen molar-refractivity contribution in [1.82, 2.24) is 10.7 Å². The summed E-state index contributed by atoms with van der Waals surface area (Å²) in [6.45, 7) is 5.18. The SMILES string of the molecule is CCCCNC(=S)N/N=C\c1ccc(CC)cc1. The average molecular weight is 263 g/mol. The highest BCUT2D eigenvalue weighted by atomic mass is 32.1. The van der Waals surface area contributed by atoms with Crippen LogP contribution in [0.15, 0.2) is 29.4 Å². The maximum absolute atomic E-state index is 5.09. The van der Waals surface area contributed by atoms with E-state index in [9.17, 15) is 0 Å². The van der Waals surface area contributed by atoms with Gasteiger partial charge in [-0.1, -0.05) is 44.5 Å². The van der Waals surface area contributed by atoms with Crippen molar-refractivity contribution in [1.29, 1.82) is 0 Å². The molecule has 0 saturated heterocycles. The molecule has 18 heavy (non-hydrogen) atoms. The van der Waals surface area contributed by atoms with Crippen LogP contribution in [0.1, 0.15) is 37.8 Å². The van der Waals surface area contributed by atoms with Crippen LogP contribution in [-0.4, -0.2) is 17.9 Å². The number of unbranched alkanes of at least 4 members (excludes halogenated alkanes) is 1. The van der Waals surface area contributed by atoms with E-state index in [-0.39, 0.29) is 0 Å². The maximum atomic E-state index is 5.09. The van der Waals surface area contributed by atoms with Crippen LogP contribution in [0.3, 0.4) is 0 Å². The molecule has 0 aliphatic rings. The molecule has 3 nitrogen and oxygen atoms in total. The number of rotatable bonds is 6. The van der Waals surface area contributed by atoms with Crippen molar-refractivity contribution in [2.75, 3.05) is 6.54 Å². The Labute approximate surface area is 115 Å². The van der Waals surface area contributed by atoms with E-state index < -0.39 is 0 Å². The zero-order chi connectivity index (χ0) is 13.2. The molecule has 0 fully saturated rings. The van der Waals surface area contributed by atoms with Crippen molar-refractivity contribution >= 4 is 23.5 Å². The van der Waals surface area contributed by atoms with Gasteiger partial charge in [0.15, 0.2) is 5.11 Å². The maximum Gasteiger partial charge on any atom is 0.186 e. The van der Waals surface area contributed by atoms with E-state index in [0.717, 1.165) is 31.4 Å². The molecule has 0 aromatic heterocycles. The molecule has 1 aromatic carbocycles. The van der Waals surface area contributed by atoms with Crippen LogP contribution in [-0.2, 0) is 6.42 Å². The summed E-state index contributed by atoms with van der Waals surface area (Å²) in [5, 5.41) is 7.77. The molecule has 0 radical (unpaired) electrons. The summed E-state index contributed by atoms with van der Waals surface area (Å²) in [7, 11) is 0. The third-order valence-corrected chi connectivity index (χ3v) is 2.82. The van der Waals surface area contributed by atoms with Crippen molar-refractivity contribution in [3.05, 3.63) is 35.4 Å².